The molecule has 0 aliphatic rings. The molecule has 0 saturated heterocycles. The zero-order valence-corrected chi connectivity index (χ0v) is 7.70. The van der Waals surface area contributed by atoms with E-state index < -0.39 is 17.5 Å². The van der Waals surface area contributed by atoms with E-state index in [-0.39, 0.29) is 11.5 Å². The first-order valence-electron chi connectivity index (χ1n) is 3.88. The van der Waals surface area contributed by atoms with Crippen molar-refractivity contribution in [3.05, 3.63) is 23.8 Å². The minimum Gasteiger partial charge on any atom is -0.508 e. The largest absolute Gasteiger partial charge is 0.508 e. The Balaban J connectivity index is 3.31. The average Bonchev–Trinajstić information content (AvgIpc) is 2.16. The predicted octanol–water partition coefficient (Wildman–Crippen LogP) is 1.58. The summed E-state index contributed by atoms with van der Waals surface area (Å²) >= 11 is 0. The predicted molar refractivity (Wildman–Crippen MR) is 46.2 cm³/mol. The molecule has 0 bridgehead atoms. The number of methoxy groups -OCH3 is 1. The number of benzene rings is 1. The second-order valence-electron chi connectivity index (χ2n) is 2.76. The molecule has 82 valence electrons. The van der Waals surface area contributed by atoms with Crippen LogP contribution in [0.3, 0.4) is 0 Å². The van der Waals surface area contributed by atoms with Gasteiger partial charge in [-0.25, -0.2) is 4.79 Å². The van der Waals surface area contributed by atoms with Crippen LogP contribution in [0.25, 0.3) is 0 Å². The molecule has 0 amide bonds. The maximum Gasteiger partial charge on any atom is 0.379 e. The second kappa shape index (κ2) is 3.72. The van der Waals surface area contributed by atoms with Crippen molar-refractivity contribution in [2.24, 2.45) is 0 Å². The van der Waals surface area contributed by atoms with Crippen LogP contribution in [0.5, 0.6) is 11.5 Å². The third-order valence-electron chi connectivity index (χ3n) is 1.79. The molecule has 0 aromatic heterocycles. The highest BCUT2D eigenvalue weighted by Gasteiger charge is 2.43. The van der Waals surface area contributed by atoms with Crippen LogP contribution in [0.4, 0.5) is 8.78 Å². The molecule has 0 aliphatic carbocycles. The Morgan fingerprint density at radius 2 is 2.07 bits per heavy atom. The first-order valence-corrected chi connectivity index (χ1v) is 3.88. The molecule has 0 aliphatic heterocycles. The van der Waals surface area contributed by atoms with Crippen molar-refractivity contribution in [2.75, 3.05) is 7.11 Å². The summed E-state index contributed by atoms with van der Waals surface area (Å²) in [5, 5.41) is 17.3. The van der Waals surface area contributed by atoms with Gasteiger partial charge in [-0.05, 0) is 12.1 Å². The van der Waals surface area contributed by atoms with Crippen LogP contribution in [-0.2, 0) is 10.7 Å². The standard InChI is InChI=1S/C9H8F2O4/c1-15-7-4-5(12)2-3-6(7)9(10,11)8(13)14/h2-4,12H,1H3,(H,13,14). The highest BCUT2D eigenvalue weighted by atomic mass is 19.3. The Morgan fingerprint density at radius 3 is 2.53 bits per heavy atom. The normalized spacial score (nSPS) is 11.1. The number of ether oxygens (including phenoxy) is 1. The maximum absolute atomic E-state index is 13.1. The average molecular weight is 218 g/mol. The van der Waals surface area contributed by atoms with E-state index in [0.29, 0.717) is 0 Å². The minimum atomic E-state index is -4.04. The van der Waals surface area contributed by atoms with E-state index >= 15 is 0 Å². The van der Waals surface area contributed by atoms with Gasteiger partial charge in [-0.1, -0.05) is 0 Å². The maximum atomic E-state index is 13.1. The molecule has 6 heteroatoms. The zero-order valence-electron chi connectivity index (χ0n) is 7.70. The summed E-state index contributed by atoms with van der Waals surface area (Å²) in [4.78, 5) is 10.3. The van der Waals surface area contributed by atoms with Crippen LogP contribution in [0, 0.1) is 0 Å². The van der Waals surface area contributed by atoms with Gasteiger partial charge in [-0.15, -0.1) is 0 Å². The van der Waals surface area contributed by atoms with Gasteiger partial charge in [0.1, 0.15) is 11.5 Å². The van der Waals surface area contributed by atoms with E-state index in [0.717, 1.165) is 25.3 Å². The molecule has 0 atom stereocenters. The summed E-state index contributed by atoms with van der Waals surface area (Å²) in [5.74, 6) is -6.97. The Hall–Kier alpha value is -1.85. The van der Waals surface area contributed by atoms with Crippen molar-refractivity contribution in [3.63, 3.8) is 0 Å². The van der Waals surface area contributed by atoms with Crippen molar-refractivity contribution < 1.29 is 28.5 Å². The number of carboxylic acid groups (broad SMARTS) is 1. The Morgan fingerprint density at radius 1 is 1.47 bits per heavy atom. The number of carbonyl (C=O) groups is 1. The number of carboxylic acids is 1. The molecular formula is C9H8F2O4. The molecule has 1 aromatic rings. The molecule has 0 spiro atoms. The van der Waals surface area contributed by atoms with Gasteiger partial charge in [0.05, 0.1) is 12.7 Å². The SMILES string of the molecule is COc1cc(O)ccc1C(F)(F)C(=O)O. The first kappa shape index (κ1) is 11.2. The van der Waals surface area contributed by atoms with E-state index in [4.69, 9.17) is 10.2 Å². The van der Waals surface area contributed by atoms with Crippen LogP contribution < -0.4 is 4.74 Å². The van der Waals surface area contributed by atoms with Crippen molar-refractivity contribution >= 4 is 5.97 Å². The molecule has 1 aromatic carbocycles. The molecule has 0 heterocycles. The number of hydrogen-bond acceptors (Lipinski definition) is 3. The lowest BCUT2D eigenvalue weighted by atomic mass is 10.1. The summed E-state index contributed by atoms with van der Waals surface area (Å²) in [7, 11) is 1.11. The third-order valence-corrected chi connectivity index (χ3v) is 1.79. The van der Waals surface area contributed by atoms with Gasteiger partial charge < -0.3 is 14.9 Å². The molecule has 0 fully saturated rings. The summed E-state index contributed by atoms with van der Waals surface area (Å²) in [6, 6.07) is 2.70. The van der Waals surface area contributed by atoms with Crippen LogP contribution in [-0.4, -0.2) is 23.3 Å². The van der Waals surface area contributed by atoms with Gasteiger partial charge >= 0.3 is 11.9 Å². The van der Waals surface area contributed by atoms with Gasteiger partial charge in [0, 0.05) is 6.07 Å². The molecule has 2 N–H and O–H groups in total. The molecule has 15 heavy (non-hydrogen) atoms. The van der Waals surface area contributed by atoms with Crippen molar-refractivity contribution in [2.45, 2.75) is 5.92 Å². The van der Waals surface area contributed by atoms with E-state index in [1.54, 1.807) is 0 Å². The monoisotopic (exact) mass is 218 g/mol. The second-order valence-corrected chi connectivity index (χ2v) is 2.76. The highest BCUT2D eigenvalue weighted by Crippen LogP contribution is 2.36. The van der Waals surface area contributed by atoms with E-state index in [2.05, 4.69) is 4.74 Å². The van der Waals surface area contributed by atoms with Gasteiger partial charge in [0.25, 0.3) is 0 Å². The fraction of sp³-hybridized carbons (Fsp3) is 0.222. The van der Waals surface area contributed by atoms with Crippen LogP contribution in [0.1, 0.15) is 5.56 Å². The van der Waals surface area contributed by atoms with Gasteiger partial charge in [-0.3, -0.25) is 0 Å². The number of hydrogen-bond donors (Lipinski definition) is 2. The number of aliphatic carboxylic acids is 1. The summed E-state index contributed by atoms with van der Waals surface area (Å²) < 4.78 is 30.8. The Bertz CT molecular complexity index is 390. The van der Waals surface area contributed by atoms with Crippen LogP contribution >= 0.6 is 0 Å². The van der Waals surface area contributed by atoms with Crippen molar-refractivity contribution in [3.8, 4) is 11.5 Å². The van der Waals surface area contributed by atoms with Gasteiger partial charge in [-0.2, -0.15) is 8.78 Å². The lowest BCUT2D eigenvalue weighted by Gasteiger charge is -2.15. The number of phenolic OH excluding ortho intramolecular Hbond substituents is 1. The molecule has 0 saturated carbocycles. The molecule has 0 radical (unpaired) electrons. The van der Waals surface area contributed by atoms with Gasteiger partial charge in [0.2, 0.25) is 0 Å². The summed E-state index contributed by atoms with van der Waals surface area (Å²) in [6.07, 6.45) is 0. The number of alkyl halides is 2. The minimum absolute atomic E-state index is 0.281. The summed E-state index contributed by atoms with van der Waals surface area (Å²) in [5.41, 5.74) is -0.796. The number of rotatable bonds is 3. The highest BCUT2D eigenvalue weighted by molar-refractivity contribution is 5.78. The van der Waals surface area contributed by atoms with Gasteiger partial charge in [0.15, 0.2) is 0 Å². The van der Waals surface area contributed by atoms with Crippen LogP contribution in [0.2, 0.25) is 0 Å². The topological polar surface area (TPSA) is 66.8 Å². The zero-order chi connectivity index (χ0) is 11.6. The fourth-order valence-corrected chi connectivity index (χ4v) is 1.05. The van der Waals surface area contributed by atoms with E-state index in [1.165, 1.54) is 0 Å². The lowest BCUT2D eigenvalue weighted by Crippen LogP contribution is -2.25. The van der Waals surface area contributed by atoms with E-state index in [9.17, 15) is 13.6 Å². The van der Waals surface area contributed by atoms with Crippen molar-refractivity contribution in [1.29, 1.82) is 0 Å². The van der Waals surface area contributed by atoms with Crippen LogP contribution in [0.15, 0.2) is 18.2 Å². The Labute approximate surface area is 83.7 Å². The molecule has 4 nitrogen and oxygen atoms in total. The lowest BCUT2D eigenvalue weighted by molar-refractivity contribution is -0.166. The fourth-order valence-electron chi connectivity index (χ4n) is 1.05. The number of phenols is 1. The number of halogens is 2. The summed E-state index contributed by atoms with van der Waals surface area (Å²) in [6.45, 7) is 0. The first-order chi connectivity index (χ1) is 6.89. The molecular weight excluding hydrogens is 210 g/mol. The smallest absolute Gasteiger partial charge is 0.379 e. The molecule has 1 rings (SSSR count). The third kappa shape index (κ3) is 1.98. The Kier molecular flexibility index (Phi) is 2.78. The van der Waals surface area contributed by atoms with E-state index in [1.807, 2.05) is 0 Å². The van der Waals surface area contributed by atoms with Crippen molar-refractivity contribution in [1.82, 2.24) is 0 Å². The number of aromatic hydroxyl groups is 1. The molecule has 0 unspecified atom stereocenters. The quantitative estimate of drug-likeness (QED) is 0.808.